The van der Waals surface area contributed by atoms with Gasteiger partial charge in [-0.3, -0.25) is 4.79 Å². The molecule has 11 nitrogen and oxygen atoms in total. The Labute approximate surface area is 172 Å². The topological polar surface area (TPSA) is 146 Å². The third kappa shape index (κ3) is 16.8. The largest absolute Gasteiger partial charge is 0.459 e. The third-order valence-corrected chi connectivity index (χ3v) is 3.62. The van der Waals surface area contributed by atoms with Gasteiger partial charge in [-0.25, -0.2) is 19.2 Å². The van der Waals surface area contributed by atoms with Crippen molar-refractivity contribution in [3.63, 3.8) is 0 Å². The molecule has 2 N–H and O–H groups in total. The van der Waals surface area contributed by atoms with E-state index in [0.717, 1.165) is 23.9 Å². The summed E-state index contributed by atoms with van der Waals surface area (Å²) in [6, 6.07) is 0. The second-order valence-electron chi connectivity index (χ2n) is 4.84. The summed E-state index contributed by atoms with van der Waals surface area (Å²) in [7, 11) is 0. The first-order valence-corrected chi connectivity index (χ1v) is 9.42. The average molecular weight is 432 g/mol. The maximum Gasteiger partial charge on any atom is 0.407 e. The first-order chi connectivity index (χ1) is 13.9. The summed E-state index contributed by atoms with van der Waals surface area (Å²) in [5.41, 5.74) is 0. The molecule has 0 spiro atoms. The molecule has 0 bridgehead atoms. The van der Waals surface area contributed by atoms with Gasteiger partial charge in [-0.2, -0.15) is 0 Å². The zero-order valence-electron chi connectivity index (χ0n) is 15.8. The average Bonchev–Trinajstić information content (AvgIpc) is 2.71. The van der Waals surface area contributed by atoms with E-state index < -0.39 is 24.1 Å². The fraction of sp³-hybridized carbons (Fsp3) is 0.471. The Morgan fingerprint density at radius 2 is 1.17 bits per heavy atom. The number of esters is 2. The van der Waals surface area contributed by atoms with Crippen molar-refractivity contribution < 1.29 is 42.9 Å². The van der Waals surface area contributed by atoms with E-state index >= 15 is 0 Å². The number of hydrogen-bond acceptors (Lipinski definition) is 10. The minimum Gasteiger partial charge on any atom is -0.459 e. The molecule has 162 valence electrons. The Balaban J connectivity index is 3.57. The summed E-state index contributed by atoms with van der Waals surface area (Å²) in [5, 5.41) is 4.62. The maximum absolute atomic E-state index is 11.6. The number of amides is 2. The lowest BCUT2D eigenvalue weighted by Gasteiger charge is -2.07. The molecule has 0 aromatic heterocycles. The van der Waals surface area contributed by atoms with Crippen LogP contribution in [-0.4, -0.2) is 74.5 Å². The lowest BCUT2D eigenvalue weighted by atomic mass is 10.5. The van der Waals surface area contributed by atoms with Crippen molar-refractivity contribution in [2.45, 2.75) is 6.42 Å². The molecular weight excluding hydrogens is 408 g/mol. The second-order valence-corrected chi connectivity index (χ2v) is 5.99. The molecule has 0 aromatic rings. The van der Waals surface area contributed by atoms with Gasteiger partial charge in [-0.05, 0) is 0 Å². The molecule has 0 aliphatic heterocycles. The van der Waals surface area contributed by atoms with Gasteiger partial charge >= 0.3 is 24.1 Å². The zero-order valence-corrected chi connectivity index (χ0v) is 16.6. The number of carbonyl (C=O) groups excluding carboxylic acids is 5. The molecule has 29 heavy (non-hydrogen) atoms. The normalized spacial score (nSPS) is 9.52. The van der Waals surface area contributed by atoms with Crippen LogP contribution in [0.1, 0.15) is 6.42 Å². The van der Waals surface area contributed by atoms with E-state index in [1.807, 2.05) is 0 Å². The number of nitrogens with one attached hydrogen (secondary N) is 2. The first kappa shape index (κ1) is 26.0. The molecule has 0 unspecified atom stereocenters. The van der Waals surface area contributed by atoms with Gasteiger partial charge in [0.25, 0.3) is 0 Å². The van der Waals surface area contributed by atoms with Crippen LogP contribution in [0.15, 0.2) is 25.3 Å². The van der Waals surface area contributed by atoms with Crippen LogP contribution in [0, 0.1) is 0 Å². The molecule has 2 amide bonds. The highest BCUT2D eigenvalue weighted by Crippen LogP contribution is 2.03. The molecule has 0 aromatic carbocycles. The Bertz CT molecular complexity index is 595. The SMILES string of the molecule is C=CC(=O)OCCOC(=O)NCCSC(=O)CCNC(=O)OCCOC(=O)C=C. The molecule has 0 atom stereocenters. The van der Waals surface area contributed by atoms with E-state index in [9.17, 15) is 24.0 Å². The first-order valence-electron chi connectivity index (χ1n) is 8.44. The van der Waals surface area contributed by atoms with E-state index in [1.54, 1.807) is 0 Å². The van der Waals surface area contributed by atoms with Crippen molar-refractivity contribution in [1.29, 1.82) is 0 Å². The van der Waals surface area contributed by atoms with Crippen LogP contribution in [0.2, 0.25) is 0 Å². The highest BCUT2D eigenvalue weighted by molar-refractivity contribution is 8.13. The van der Waals surface area contributed by atoms with Crippen molar-refractivity contribution in [2.24, 2.45) is 0 Å². The zero-order chi connectivity index (χ0) is 21.9. The van der Waals surface area contributed by atoms with Crippen LogP contribution in [0.5, 0.6) is 0 Å². The van der Waals surface area contributed by atoms with Crippen LogP contribution in [0.4, 0.5) is 9.59 Å². The van der Waals surface area contributed by atoms with E-state index in [2.05, 4.69) is 33.3 Å². The molecule has 0 saturated carbocycles. The molecule has 0 rings (SSSR count). The van der Waals surface area contributed by atoms with Crippen LogP contribution < -0.4 is 10.6 Å². The lowest BCUT2D eigenvalue weighted by Crippen LogP contribution is -2.29. The van der Waals surface area contributed by atoms with E-state index in [0.29, 0.717) is 5.75 Å². The van der Waals surface area contributed by atoms with Crippen molar-refractivity contribution in [3.8, 4) is 0 Å². The number of carbonyl (C=O) groups is 5. The van der Waals surface area contributed by atoms with Crippen LogP contribution >= 0.6 is 11.8 Å². The Kier molecular flexibility index (Phi) is 15.3. The quantitative estimate of drug-likeness (QED) is 0.173. The van der Waals surface area contributed by atoms with Gasteiger partial charge in [0, 0.05) is 37.4 Å². The molecule has 0 saturated heterocycles. The van der Waals surface area contributed by atoms with Gasteiger partial charge in [-0.15, -0.1) is 0 Å². The summed E-state index contributed by atoms with van der Waals surface area (Å²) in [6.07, 6.45) is 0.628. The van der Waals surface area contributed by atoms with Gasteiger partial charge in [0.05, 0.1) is 0 Å². The van der Waals surface area contributed by atoms with Gasteiger partial charge < -0.3 is 29.6 Å². The van der Waals surface area contributed by atoms with Crippen molar-refractivity contribution >= 4 is 41.0 Å². The fourth-order valence-electron chi connectivity index (χ4n) is 1.43. The van der Waals surface area contributed by atoms with E-state index in [4.69, 9.17) is 9.47 Å². The van der Waals surface area contributed by atoms with Crippen molar-refractivity contribution in [2.75, 3.05) is 45.3 Å². The van der Waals surface area contributed by atoms with Crippen molar-refractivity contribution in [3.05, 3.63) is 25.3 Å². The highest BCUT2D eigenvalue weighted by Gasteiger charge is 2.07. The van der Waals surface area contributed by atoms with Gasteiger partial charge in [0.1, 0.15) is 26.4 Å². The predicted molar refractivity (Wildman–Crippen MR) is 103 cm³/mol. The van der Waals surface area contributed by atoms with Crippen LogP contribution in [-0.2, 0) is 33.3 Å². The minimum atomic E-state index is -0.736. The fourth-order valence-corrected chi connectivity index (χ4v) is 2.11. The number of hydrogen-bond donors (Lipinski definition) is 2. The molecule has 0 aliphatic rings. The standard InChI is InChI=1S/C17H24N2O9S/c1-3-13(20)25-8-10-27-16(23)18-6-5-15(22)29-12-7-19-17(24)28-11-9-26-14(21)4-2/h3-4H,1-2,5-12H2,(H,18,23)(H,19,24). The highest BCUT2D eigenvalue weighted by atomic mass is 32.2. The second kappa shape index (κ2) is 17.1. The lowest BCUT2D eigenvalue weighted by molar-refractivity contribution is -0.139. The summed E-state index contributed by atoms with van der Waals surface area (Å²) in [4.78, 5) is 55.8. The van der Waals surface area contributed by atoms with Crippen LogP contribution in [0.3, 0.4) is 0 Å². The molecule has 0 heterocycles. The smallest absolute Gasteiger partial charge is 0.407 e. The third-order valence-electron chi connectivity index (χ3n) is 2.69. The Morgan fingerprint density at radius 1 is 0.724 bits per heavy atom. The number of thioether (sulfide) groups is 1. The maximum atomic E-state index is 11.6. The molecule has 0 aliphatic carbocycles. The summed E-state index contributed by atoms with van der Waals surface area (Å²) >= 11 is 0.984. The molecular formula is C17H24N2O9S. The molecule has 0 fully saturated rings. The van der Waals surface area contributed by atoms with Crippen molar-refractivity contribution in [1.82, 2.24) is 10.6 Å². The van der Waals surface area contributed by atoms with Gasteiger partial charge in [0.2, 0.25) is 0 Å². The number of rotatable bonds is 14. The summed E-state index contributed by atoms with van der Waals surface area (Å²) < 4.78 is 18.7. The minimum absolute atomic E-state index is 0.0737. The van der Waals surface area contributed by atoms with Gasteiger partial charge in [0.15, 0.2) is 5.12 Å². The molecule has 0 radical (unpaired) electrons. The number of alkyl carbamates (subject to hydrolysis) is 2. The number of ether oxygens (including phenoxy) is 4. The molecule has 12 heteroatoms. The van der Waals surface area contributed by atoms with E-state index in [-0.39, 0.29) is 51.1 Å². The van der Waals surface area contributed by atoms with Gasteiger partial charge in [-0.1, -0.05) is 24.9 Å². The van der Waals surface area contributed by atoms with E-state index in [1.165, 1.54) is 0 Å². The Hall–Kier alpha value is -3.02. The summed E-state index contributed by atoms with van der Waals surface area (Å²) in [5.74, 6) is -0.910. The monoisotopic (exact) mass is 432 g/mol. The predicted octanol–water partition coefficient (Wildman–Crippen LogP) is 0.547. The van der Waals surface area contributed by atoms with Crippen LogP contribution in [0.25, 0.3) is 0 Å². The summed E-state index contributed by atoms with van der Waals surface area (Å²) in [6.45, 7) is 6.31. The Morgan fingerprint density at radius 3 is 1.66 bits per heavy atom.